The van der Waals surface area contributed by atoms with E-state index < -0.39 is 12.0 Å². The average Bonchev–Trinajstić information content (AvgIpc) is 3.75. The van der Waals surface area contributed by atoms with Gasteiger partial charge in [0.1, 0.15) is 28.9 Å². The van der Waals surface area contributed by atoms with Gasteiger partial charge in [-0.2, -0.15) is 9.49 Å². The number of nitrogens with one attached hydrogen (secondary N) is 3. The molecule has 1 saturated carbocycles. The molecule has 6 heterocycles. The second-order valence-electron chi connectivity index (χ2n) is 9.62. The van der Waals surface area contributed by atoms with Crippen LogP contribution in [-0.4, -0.2) is 46.5 Å². The van der Waals surface area contributed by atoms with Crippen molar-refractivity contribution in [2.75, 3.05) is 5.32 Å². The number of aromatic nitrogens is 7. The molecule has 12 heteroatoms. The molecule has 0 bridgehead atoms. The number of fused-ring (bicyclic) bond motifs is 2. The SMILES string of the molecule is OC(Nc1cncc(-c2cnc3n[nH]c(-c4nc5c(-c6ccc(F)s6)nccc5[nH]4)c3c2F)c1)C1CCCC1. The summed E-state index contributed by atoms with van der Waals surface area (Å²) in [6, 6.07) is 6.54. The highest BCUT2D eigenvalue weighted by Crippen LogP contribution is 2.36. The van der Waals surface area contributed by atoms with Crippen molar-refractivity contribution in [3.63, 3.8) is 0 Å². The van der Waals surface area contributed by atoms with E-state index in [4.69, 9.17) is 0 Å². The number of H-pyrrole nitrogens is 2. The van der Waals surface area contributed by atoms with Crippen LogP contribution >= 0.6 is 11.3 Å². The zero-order valence-electron chi connectivity index (χ0n) is 20.4. The number of halogens is 2. The van der Waals surface area contributed by atoms with Crippen molar-refractivity contribution in [1.82, 2.24) is 35.1 Å². The van der Waals surface area contributed by atoms with Crippen LogP contribution in [0, 0.1) is 16.9 Å². The Bertz CT molecular complexity index is 1820. The Balaban J connectivity index is 1.28. The summed E-state index contributed by atoms with van der Waals surface area (Å²) < 4.78 is 29.8. The molecule has 0 amide bonds. The Labute approximate surface area is 224 Å². The summed E-state index contributed by atoms with van der Waals surface area (Å²) in [6.07, 6.45) is 9.68. The number of nitrogens with zero attached hydrogens (tertiary/aromatic N) is 5. The standard InChI is InChI=1S/C27H22F2N8OS/c28-19-6-5-18(39-19)23-22-17(7-8-31-23)34-26(35-22)24-20-21(29)16(12-32-25(20)37-36-24)14-9-15(11-30-10-14)33-27(38)13-3-1-2-4-13/h5-13,27,33,38H,1-4H2,(H,34,35)(H,32,36,37). The molecule has 6 aromatic rings. The van der Waals surface area contributed by atoms with E-state index in [1.54, 1.807) is 36.8 Å². The van der Waals surface area contributed by atoms with Crippen LogP contribution in [0.5, 0.6) is 0 Å². The highest BCUT2D eigenvalue weighted by Gasteiger charge is 2.24. The van der Waals surface area contributed by atoms with Crippen LogP contribution in [0.25, 0.3) is 55.3 Å². The van der Waals surface area contributed by atoms with E-state index in [0.29, 0.717) is 44.4 Å². The number of hydrogen-bond donors (Lipinski definition) is 4. The summed E-state index contributed by atoms with van der Waals surface area (Å²) in [5.41, 5.74) is 3.60. The molecule has 0 spiro atoms. The summed E-state index contributed by atoms with van der Waals surface area (Å²) >= 11 is 0.979. The Hall–Kier alpha value is -4.29. The van der Waals surface area contributed by atoms with Gasteiger partial charge in [0.2, 0.25) is 0 Å². The zero-order chi connectivity index (χ0) is 26.5. The molecule has 6 aromatic heterocycles. The van der Waals surface area contributed by atoms with Gasteiger partial charge in [0, 0.05) is 35.6 Å². The normalized spacial score (nSPS) is 14.9. The molecule has 1 atom stereocenters. The predicted molar refractivity (Wildman–Crippen MR) is 145 cm³/mol. The van der Waals surface area contributed by atoms with Crippen molar-refractivity contribution in [2.45, 2.75) is 31.9 Å². The minimum atomic E-state index is -0.686. The lowest BCUT2D eigenvalue weighted by atomic mass is 10.1. The van der Waals surface area contributed by atoms with Crippen LogP contribution in [0.2, 0.25) is 0 Å². The number of aromatic amines is 2. The van der Waals surface area contributed by atoms with Crippen molar-refractivity contribution in [3.8, 4) is 33.2 Å². The number of pyridine rings is 3. The van der Waals surface area contributed by atoms with Crippen LogP contribution in [0.4, 0.5) is 14.5 Å². The summed E-state index contributed by atoms with van der Waals surface area (Å²) in [5, 5.41) is 20.6. The van der Waals surface area contributed by atoms with E-state index in [-0.39, 0.29) is 27.6 Å². The molecule has 9 nitrogen and oxygen atoms in total. The maximum Gasteiger partial charge on any atom is 0.184 e. The van der Waals surface area contributed by atoms with Gasteiger partial charge in [-0.1, -0.05) is 12.8 Å². The third kappa shape index (κ3) is 4.21. The number of rotatable bonds is 6. The number of hydrogen-bond acceptors (Lipinski definition) is 8. The van der Waals surface area contributed by atoms with Crippen LogP contribution in [-0.2, 0) is 0 Å². The van der Waals surface area contributed by atoms with Gasteiger partial charge in [-0.3, -0.25) is 15.1 Å². The second-order valence-corrected chi connectivity index (χ2v) is 10.7. The predicted octanol–water partition coefficient (Wildman–Crippen LogP) is 5.89. The highest BCUT2D eigenvalue weighted by atomic mass is 32.1. The Kier molecular flexibility index (Phi) is 5.78. The van der Waals surface area contributed by atoms with Crippen molar-refractivity contribution in [1.29, 1.82) is 0 Å². The van der Waals surface area contributed by atoms with E-state index in [1.807, 2.05) is 0 Å². The maximum atomic E-state index is 16.1. The molecular formula is C27H22F2N8OS. The third-order valence-electron chi connectivity index (χ3n) is 7.17. The van der Waals surface area contributed by atoms with E-state index in [9.17, 15) is 9.50 Å². The topological polar surface area (TPSA) is 128 Å². The van der Waals surface area contributed by atoms with Crippen LogP contribution in [0.1, 0.15) is 25.7 Å². The number of anilines is 1. The quantitative estimate of drug-likeness (QED) is 0.193. The fourth-order valence-corrected chi connectivity index (χ4v) is 5.96. The van der Waals surface area contributed by atoms with Crippen molar-refractivity contribution >= 4 is 39.1 Å². The Morgan fingerprint density at radius 3 is 2.77 bits per heavy atom. The summed E-state index contributed by atoms with van der Waals surface area (Å²) in [5.74, 6) is 0.0123. The smallest absolute Gasteiger partial charge is 0.184 e. The molecule has 1 aliphatic rings. The molecule has 0 saturated heterocycles. The van der Waals surface area contributed by atoms with Gasteiger partial charge >= 0.3 is 0 Å². The van der Waals surface area contributed by atoms with E-state index in [2.05, 4.69) is 40.4 Å². The fourth-order valence-electron chi connectivity index (χ4n) is 5.23. The summed E-state index contributed by atoms with van der Waals surface area (Å²) in [6.45, 7) is 0. The Morgan fingerprint density at radius 1 is 1.08 bits per heavy atom. The number of aliphatic hydroxyl groups is 1. The van der Waals surface area contributed by atoms with E-state index in [0.717, 1.165) is 37.0 Å². The van der Waals surface area contributed by atoms with Gasteiger partial charge in [-0.05, 0) is 37.1 Å². The molecular weight excluding hydrogens is 522 g/mol. The first kappa shape index (κ1) is 23.8. The molecule has 1 aliphatic carbocycles. The monoisotopic (exact) mass is 544 g/mol. The number of aliphatic hydroxyl groups excluding tert-OH is 1. The third-order valence-corrected chi connectivity index (χ3v) is 8.05. The minimum absolute atomic E-state index is 0.174. The molecule has 196 valence electrons. The van der Waals surface area contributed by atoms with E-state index >= 15 is 4.39 Å². The number of thiophene rings is 1. The lowest BCUT2D eigenvalue weighted by molar-refractivity contribution is 0.137. The van der Waals surface area contributed by atoms with Crippen LogP contribution in [0.3, 0.4) is 0 Å². The highest BCUT2D eigenvalue weighted by molar-refractivity contribution is 7.13. The van der Waals surface area contributed by atoms with E-state index in [1.165, 1.54) is 12.3 Å². The van der Waals surface area contributed by atoms with Gasteiger partial charge in [0.05, 0.1) is 27.7 Å². The minimum Gasteiger partial charge on any atom is -0.374 e. The summed E-state index contributed by atoms with van der Waals surface area (Å²) in [4.78, 5) is 21.5. The van der Waals surface area contributed by atoms with Crippen LogP contribution < -0.4 is 5.32 Å². The molecule has 39 heavy (non-hydrogen) atoms. The summed E-state index contributed by atoms with van der Waals surface area (Å²) in [7, 11) is 0. The lowest BCUT2D eigenvalue weighted by Crippen LogP contribution is -2.26. The second kappa shape index (κ2) is 9.47. The Morgan fingerprint density at radius 2 is 1.95 bits per heavy atom. The van der Waals surface area contributed by atoms with Crippen molar-refractivity contribution < 1.29 is 13.9 Å². The number of imidazole rings is 1. The lowest BCUT2D eigenvalue weighted by Gasteiger charge is -2.20. The fraction of sp³-hybridized carbons (Fsp3) is 0.222. The van der Waals surface area contributed by atoms with Gasteiger partial charge in [0.15, 0.2) is 16.6 Å². The molecule has 0 radical (unpaired) electrons. The van der Waals surface area contributed by atoms with Gasteiger partial charge < -0.3 is 15.4 Å². The van der Waals surface area contributed by atoms with Crippen molar-refractivity contribution in [3.05, 3.63) is 60.0 Å². The molecule has 7 rings (SSSR count). The largest absolute Gasteiger partial charge is 0.374 e. The van der Waals surface area contributed by atoms with Gasteiger partial charge in [-0.25, -0.2) is 14.4 Å². The average molecular weight is 545 g/mol. The van der Waals surface area contributed by atoms with Gasteiger partial charge in [-0.15, -0.1) is 11.3 Å². The maximum absolute atomic E-state index is 16.1. The molecule has 1 fully saturated rings. The molecule has 0 aromatic carbocycles. The first-order chi connectivity index (χ1) is 19.0. The van der Waals surface area contributed by atoms with Crippen molar-refractivity contribution in [2.24, 2.45) is 5.92 Å². The first-order valence-corrected chi connectivity index (χ1v) is 13.4. The zero-order valence-corrected chi connectivity index (χ0v) is 21.3. The molecule has 4 N–H and O–H groups in total. The van der Waals surface area contributed by atoms with Gasteiger partial charge in [0.25, 0.3) is 0 Å². The first-order valence-electron chi connectivity index (χ1n) is 12.6. The molecule has 1 unspecified atom stereocenters. The molecule has 0 aliphatic heterocycles. The van der Waals surface area contributed by atoms with Crippen LogP contribution in [0.15, 0.2) is 49.1 Å².